The third-order valence-corrected chi connectivity index (χ3v) is 5.61. The molecule has 0 radical (unpaired) electrons. The van der Waals surface area contributed by atoms with E-state index in [4.69, 9.17) is 0 Å². The fourth-order valence-electron chi connectivity index (χ4n) is 3.85. The number of hydrogen-bond donors (Lipinski definition) is 1. The smallest absolute Gasteiger partial charge is 0.543 e. The SMILES string of the molecule is CCC(CC)CNCCCCn1nc2c(c1C(=O)[O-])CCc1cnccc1-2.[Li+]. The summed E-state index contributed by atoms with van der Waals surface area (Å²) in [6.07, 6.45) is 9.34. The maximum absolute atomic E-state index is 11.7. The van der Waals surface area contributed by atoms with E-state index in [1.165, 1.54) is 12.8 Å². The molecule has 0 unspecified atom stereocenters. The van der Waals surface area contributed by atoms with E-state index in [1.807, 2.05) is 12.3 Å². The molecule has 6 nitrogen and oxygen atoms in total. The molecule has 0 spiro atoms. The van der Waals surface area contributed by atoms with E-state index in [0.29, 0.717) is 13.0 Å². The van der Waals surface area contributed by atoms with Gasteiger partial charge in [0.1, 0.15) is 0 Å². The normalized spacial score (nSPS) is 12.4. The summed E-state index contributed by atoms with van der Waals surface area (Å²) in [5.41, 5.74) is 3.97. The van der Waals surface area contributed by atoms with Crippen LogP contribution in [-0.2, 0) is 19.4 Å². The molecule has 2 heterocycles. The van der Waals surface area contributed by atoms with Crippen molar-refractivity contribution in [3.05, 3.63) is 35.3 Å². The molecule has 0 amide bonds. The first-order valence-corrected chi connectivity index (χ1v) is 10.1. The van der Waals surface area contributed by atoms with E-state index >= 15 is 0 Å². The number of aromatic carboxylic acids is 1. The molecule has 0 aromatic carbocycles. The Morgan fingerprint density at radius 3 is 2.79 bits per heavy atom. The number of aryl methyl sites for hydroxylation is 2. The van der Waals surface area contributed by atoms with Gasteiger partial charge < -0.3 is 15.2 Å². The van der Waals surface area contributed by atoms with Crippen LogP contribution in [0.2, 0.25) is 0 Å². The number of nitrogens with zero attached hydrogens (tertiary/aromatic N) is 3. The van der Waals surface area contributed by atoms with Crippen LogP contribution in [0.15, 0.2) is 18.5 Å². The van der Waals surface area contributed by atoms with Gasteiger partial charge >= 0.3 is 18.9 Å². The second kappa shape index (κ2) is 10.8. The quantitative estimate of drug-likeness (QED) is 0.434. The molecule has 28 heavy (non-hydrogen) atoms. The molecule has 2 aromatic rings. The van der Waals surface area contributed by atoms with Crippen molar-refractivity contribution in [2.24, 2.45) is 5.92 Å². The average Bonchev–Trinajstić information content (AvgIpc) is 3.06. The minimum Gasteiger partial charge on any atom is -0.543 e. The number of unbranched alkanes of at least 4 members (excludes halogenated alkanes) is 1. The van der Waals surface area contributed by atoms with Gasteiger partial charge in [0.25, 0.3) is 0 Å². The van der Waals surface area contributed by atoms with Crippen molar-refractivity contribution in [2.45, 2.75) is 58.9 Å². The van der Waals surface area contributed by atoms with Crippen LogP contribution in [0.25, 0.3) is 11.3 Å². The van der Waals surface area contributed by atoms with Crippen molar-refractivity contribution >= 4 is 5.97 Å². The maximum Gasteiger partial charge on any atom is 1.00 e. The van der Waals surface area contributed by atoms with E-state index in [1.54, 1.807) is 10.9 Å². The van der Waals surface area contributed by atoms with E-state index in [2.05, 4.69) is 29.2 Å². The Hall–Kier alpha value is -1.61. The van der Waals surface area contributed by atoms with Crippen LogP contribution >= 0.6 is 0 Å². The first-order valence-electron chi connectivity index (χ1n) is 10.1. The average molecular weight is 376 g/mol. The van der Waals surface area contributed by atoms with Gasteiger partial charge in [0.2, 0.25) is 0 Å². The minimum absolute atomic E-state index is 0. The number of aromatic nitrogens is 3. The van der Waals surface area contributed by atoms with Crippen molar-refractivity contribution in [3.63, 3.8) is 0 Å². The summed E-state index contributed by atoms with van der Waals surface area (Å²) in [5.74, 6) is -0.393. The zero-order valence-corrected chi connectivity index (χ0v) is 17.3. The monoisotopic (exact) mass is 376 g/mol. The van der Waals surface area contributed by atoms with Gasteiger partial charge in [0, 0.05) is 30.1 Å². The van der Waals surface area contributed by atoms with E-state index < -0.39 is 5.97 Å². The molecule has 0 saturated carbocycles. The predicted molar refractivity (Wildman–Crippen MR) is 103 cm³/mol. The Kier molecular flexibility index (Phi) is 8.75. The number of pyridine rings is 1. The number of carboxylic acid groups (broad SMARTS) is 1. The molecule has 0 fully saturated rings. The third kappa shape index (κ3) is 5.05. The first kappa shape index (κ1) is 22.7. The molecular formula is C21H29LiN4O2. The number of fused-ring (bicyclic) bond motifs is 3. The van der Waals surface area contributed by atoms with Crippen LogP contribution in [-0.4, -0.2) is 33.8 Å². The molecule has 3 rings (SSSR count). The molecule has 1 N–H and O–H groups in total. The Bertz CT molecular complexity index is 787. The Morgan fingerprint density at radius 1 is 1.29 bits per heavy atom. The Morgan fingerprint density at radius 2 is 2.07 bits per heavy atom. The number of carbonyl (C=O) groups excluding carboxylic acids is 1. The number of hydrogen-bond acceptors (Lipinski definition) is 5. The summed E-state index contributed by atoms with van der Waals surface area (Å²) < 4.78 is 1.64. The van der Waals surface area contributed by atoms with Gasteiger partial charge in [0.05, 0.1) is 17.4 Å². The van der Waals surface area contributed by atoms with Gasteiger partial charge in [-0.1, -0.05) is 26.7 Å². The summed E-state index contributed by atoms with van der Waals surface area (Å²) in [6, 6.07) is 1.92. The first-order chi connectivity index (χ1) is 13.2. The molecule has 146 valence electrons. The van der Waals surface area contributed by atoms with Crippen molar-refractivity contribution in [3.8, 4) is 11.3 Å². The van der Waals surface area contributed by atoms with E-state index in [-0.39, 0.29) is 24.6 Å². The standard InChI is InChI=1S/C21H30N4O2.Li/c1-3-15(4-2)13-22-10-5-6-12-25-20(21(26)27)18-8-7-16-14-23-11-9-17(16)19(18)24-25;/h9,11,14-15,22H,3-8,10,12-13H2,1-2H3,(H,26,27);/q;+1/p-1. The fourth-order valence-corrected chi connectivity index (χ4v) is 3.85. The number of rotatable bonds is 10. The topological polar surface area (TPSA) is 82.9 Å². The van der Waals surface area contributed by atoms with E-state index in [9.17, 15) is 9.90 Å². The number of nitrogens with one attached hydrogen (secondary N) is 1. The van der Waals surface area contributed by atoms with Gasteiger partial charge in [-0.25, -0.2) is 0 Å². The van der Waals surface area contributed by atoms with Crippen molar-refractivity contribution in [1.82, 2.24) is 20.1 Å². The number of carboxylic acids is 1. The van der Waals surface area contributed by atoms with Crippen molar-refractivity contribution < 1.29 is 28.8 Å². The number of carbonyl (C=O) groups is 1. The second-order valence-corrected chi connectivity index (χ2v) is 7.31. The summed E-state index contributed by atoms with van der Waals surface area (Å²) in [7, 11) is 0. The molecule has 0 bridgehead atoms. The van der Waals surface area contributed by atoms with Gasteiger partial charge in [-0.2, -0.15) is 5.10 Å². The molecule has 0 atom stereocenters. The van der Waals surface area contributed by atoms with Gasteiger partial charge in [-0.15, -0.1) is 0 Å². The van der Waals surface area contributed by atoms with Gasteiger partial charge in [-0.05, 0) is 56.3 Å². The summed E-state index contributed by atoms with van der Waals surface area (Å²) in [4.78, 5) is 15.9. The van der Waals surface area contributed by atoms with Crippen molar-refractivity contribution in [2.75, 3.05) is 13.1 Å². The van der Waals surface area contributed by atoms with Gasteiger partial charge in [-0.3, -0.25) is 9.67 Å². The van der Waals surface area contributed by atoms with Gasteiger partial charge in [0.15, 0.2) is 0 Å². The summed E-state index contributed by atoms with van der Waals surface area (Å²) >= 11 is 0. The molecule has 1 aliphatic rings. The zero-order chi connectivity index (χ0) is 19.2. The molecule has 2 aromatic heterocycles. The van der Waals surface area contributed by atoms with Crippen LogP contribution in [0, 0.1) is 5.92 Å². The minimum atomic E-state index is -1.13. The predicted octanol–water partition coefficient (Wildman–Crippen LogP) is -0.783. The zero-order valence-electron chi connectivity index (χ0n) is 17.3. The molecule has 7 heteroatoms. The van der Waals surface area contributed by atoms with Crippen LogP contribution < -0.4 is 29.3 Å². The summed E-state index contributed by atoms with van der Waals surface area (Å²) in [6.45, 7) is 7.06. The molecule has 1 aliphatic carbocycles. The second-order valence-electron chi connectivity index (χ2n) is 7.31. The van der Waals surface area contributed by atoms with Crippen LogP contribution in [0.5, 0.6) is 0 Å². The molecule has 0 aliphatic heterocycles. The van der Waals surface area contributed by atoms with Crippen LogP contribution in [0.3, 0.4) is 0 Å². The fraction of sp³-hybridized carbons (Fsp3) is 0.571. The van der Waals surface area contributed by atoms with Crippen LogP contribution in [0.4, 0.5) is 0 Å². The van der Waals surface area contributed by atoms with Crippen LogP contribution in [0.1, 0.15) is 61.1 Å². The molecule has 0 saturated heterocycles. The summed E-state index contributed by atoms with van der Waals surface area (Å²) in [5, 5.41) is 19.9. The van der Waals surface area contributed by atoms with Crippen molar-refractivity contribution in [1.29, 1.82) is 0 Å². The maximum atomic E-state index is 11.7. The van der Waals surface area contributed by atoms with E-state index in [0.717, 1.165) is 60.7 Å². The molecular weight excluding hydrogens is 347 g/mol. The Balaban J connectivity index is 0.00000280. The third-order valence-electron chi connectivity index (χ3n) is 5.61. The largest absolute Gasteiger partial charge is 1.00 e. The Labute approximate surface area is 179 Å².